The van der Waals surface area contributed by atoms with Crippen LogP contribution in [0.1, 0.15) is 16.8 Å². The van der Waals surface area contributed by atoms with E-state index in [1.807, 2.05) is 0 Å². The van der Waals surface area contributed by atoms with Gasteiger partial charge in [-0.05, 0) is 48.9 Å². The number of halogens is 3. The first-order valence-electron chi connectivity index (χ1n) is 8.01. The Bertz CT molecular complexity index is 982. The Kier molecular flexibility index (Phi) is 5.88. The van der Waals surface area contributed by atoms with E-state index < -0.39 is 0 Å². The molecule has 0 unspecified atom stereocenters. The molecule has 0 saturated heterocycles. The van der Waals surface area contributed by atoms with Gasteiger partial charge in [-0.15, -0.1) is 0 Å². The lowest BCUT2D eigenvalue weighted by Gasteiger charge is -2.03. The lowest BCUT2D eigenvalue weighted by molar-refractivity contribution is -0.116. The van der Waals surface area contributed by atoms with Crippen molar-refractivity contribution in [3.05, 3.63) is 81.6 Å². The van der Waals surface area contributed by atoms with Crippen LogP contribution < -0.4 is 5.32 Å². The van der Waals surface area contributed by atoms with E-state index in [0.29, 0.717) is 33.8 Å². The zero-order chi connectivity index (χ0) is 19.4. The third kappa shape index (κ3) is 4.72. The molecule has 0 bridgehead atoms. The SMILES string of the molecule is Cc1nn(-c2ccc(F)cc2)c(Cl)c1/C=C/C(=O)NCc1ccc(Cl)nc1. The molecular weight excluding hydrogens is 390 g/mol. The van der Waals surface area contributed by atoms with Crippen molar-refractivity contribution in [2.75, 3.05) is 0 Å². The van der Waals surface area contributed by atoms with Gasteiger partial charge in [-0.3, -0.25) is 4.79 Å². The number of carbonyl (C=O) groups excluding carboxylic acids is 1. The lowest BCUT2D eigenvalue weighted by atomic mass is 10.2. The van der Waals surface area contributed by atoms with Crippen LogP contribution in [0.3, 0.4) is 0 Å². The highest BCUT2D eigenvalue weighted by Crippen LogP contribution is 2.24. The average molecular weight is 405 g/mol. The largest absolute Gasteiger partial charge is 0.348 e. The molecule has 2 aromatic heterocycles. The summed E-state index contributed by atoms with van der Waals surface area (Å²) in [6.07, 6.45) is 4.58. The number of rotatable bonds is 5. The highest BCUT2D eigenvalue weighted by Gasteiger charge is 2.13. The number of aryl methyl sites for hydroxylation is 1. The Labute approximate surface area is 165 Å². The van der Waals surface area contributed by atoms with Gasteiger partial charge in [0.25, 0.3) is 0 Å². The molecule has 1 N–H and O–H groups in total. The monoisotopic (exact) mass is 404 g/mol. The summed E-state index contributed by atoms with van der Waals surface area (Å²) >= 11 is 12.1. The Balaban J connectivity index is 1.70. The van der Waals surface area contributed by atoms with Crippen molar-refractivity contribution in [3.8, 4) is 5.69 Å². The molecule has 27 heavy (non-hydrogen) atoms. The van der Waals surface area contributed by atoms with Crippen molar-refractivity contribution in [1.29, 1.82) is 0 Å². The highest BCUT2D eigenvalue weighted by atomic mass is 35.5. The van der Waals surface area contributed by atoms with Gasteiger partial charge < -0.3 is 5.32 Å². The van der Waals surface area contributed by atoms with E-state index >= 15 is 0 Å². The first-order valence-corrected chi connectivity index (χ1v) is 8.77. The second-order valence-corrected chi connectivity index (χ2v) is 6.46. The topological polar surface area (TPSA) is 59.8 Å². The molecular formula is C19H15Cl2FN4O. The Morgan fingerprint density at radius 2 is 1.96 bits per heavy atom. The summed E-state index contributed by atoms with van der Waals surface area (Å²) in [7, 11) is 0. The predicted octanol–water partition coefficient (Wildman–Crippen LogP) is 4.35. The highest BCUT2D eigenvalue weighted by molar-refractivity contribution is 6.31. The molecule has 138 valence electrons. The van der Waals surface area contributed by atoms with Gasteiger partial charge in [0.15, 0.2) is 0 Å². The van der Waals surface area contributed by atoms with E-state index in [0.717, 1.165) is 5.56 Å². The molecule has 0 atom stereocenters. The van der Waals surface area contributed by atoms with Crippen molar-refractivity contribution >= 4 is 35.2 Å². The van der Waals surface area contributed by atoms with Crippen LogP contribution in [0.2, 0.25) is 10.3 Å². The number of aromatic nitrogens is 3. The van der Waals surface area contributed by atoms with Crippen LogP contribution in [0.4, 0.5) is 4.39 Å². The first-order chi connectivity index (χ1) is 12.9. The first kappa shape index (κ1) is 19.1. The fourth-order valence-electron chi connectivity index (χ4n) is 2.37. The van der Waals surface area contributed by atoms with Gasteiger partial charge in [0.2, 0.25) is 5.91 Å². The molecule has 0 spiro atoms. The molecule has 3 aromatic rings. The number of hydrogen-bond acceptors (Lipinski definition) is 3. The van der Waals surface area contributed by atoms with Crippen LogP contribution in [0.5, 0.6) is 0 Å². The molecule has 0 saturated carbocycles. The van der Waals surface area contributed by atoms with E-state index in [1.165, 1.54) is 22.9 Å². The van der Waals surface area contributed by atoms with Gasteiger partial charge in [0.05, 0.1) is 11.4 Å². The summed E-state index contributed by atoms with van der Waals surface area (Å²) in [4.78, 5) is 16.0. The number of benzene rings is 1. The van der Waals surface area contributed by atoms with Crippen molar-refractivity contribution in [3.63, 3.8) is 0 Å². The standard InChI is InChI=1S/C19H15Cl2FN4O/c1-12-16(19(21)26(25-12)15-5-3-14(22)4-6-15)7-9-18(27)24-11-13-2-8-17(20)23-10-13/h2-10H,11H2,1H3,(H,24,27)/b9-7+. The molecule has 5 nitrogen and oxygen atoms in total. The Morgan fingerprint density at radius 3 is 2.63 bits per heavy atom. The number of hydrogen-bond donors (Lipinski definition) is 1. The van der Waals surface area contributed by atoms with Gasteiger partial charge in [0.1, 0.15) is 16.1 Å². The van der Waals surface area contributed by atoms with Gasteiger partial charge in [-0.2, -0.15) is 5.10 Å². The summed E-state index contributed by atoms with van der Waals surface area (Å²) < 4.78 is 14.6. The average Bonchev–Trinajstić information content (AvgIpc) is 2.94. The molecule has 1 aromatic carbocycles. The molecule has 0 aliphatic rings. The zero-order valence-electron chi connectivity index (χ0n) is 14.3. The molecule has 0 fully saturated rings. The summed E-state index contributed by atoms with van der Waals surface area (Å²) in [5.41, 5.74) is 2.72. The van der Waals surface area contributed by atoms with Crippen molar-refractivity contribution in [1.82, 2.24) is 20.1 Å². The van der Waals surface area contributed by atoms with E-state index in [-0.39, 0.29) is 11.7 Å². The second-order valence-electron chi connectivity index (χ2n) is 5.72. The van der Waals surface area contributed by atoms with E-state index in [2.05, 4.69) is 15.4 Å². The number of amides is 1. The van der Waals surface area contributed by atoms with Crippen molar-refractivity contribution in [2.24, 2.45) is 0 Å². The number of carbonyl (C=O) groups is 1. The van der Waals surface area contributed by atoms with E-state index in [4.69, 9.17) is 23.2 Å². The smallest absolute Gasteiger partial charge is 0.244 e. The van der Waals surface area contributed by atoms with E-state index in [9.17, 15) is 9.18 Å². The quantitative estimate of drug-likeness (QED) is 0.507. The fraction of sp³-hybridized carbons (Fsp3) is 0.105. The Hall–Kier alpha value is -2.70. The fourth-order valence-corrected chi connectivity index (χ4v) is 2.82. The molecule has 8 heteroatoms. The number of pyridine rings is 1. The second kappa shape index (κ2) is 8.33. The van der Waals surface area contributed by atoms with Gasteiger partial charge in [-0.25, -0.2) is 14.1 Å². The summed E-state index contributed by atoms with van der Waals surface area (Å²) in [6.45, 7) is 2.11. The maximum Gasteiger partial charge on any atom is 0.244 e. The lowest BCUT2D eigenvalue weighted by Crippen LogP contribution is -2.20. The summed E-state index contributed by atoms with van der Waals surface area (Å²) in [6, 6.07) is 9.26. The molecule has 0 aliphatic heterocycles. The van der Waals surface area contributed by atoms with Crippen LogP contribution in [-0.4, -0.2) is 20.7 Å². The van der Waals surface area contributed by atoms with Crippen LogP contribution in [0.25, 0.3) is 11.8 Å². The minimum Gasteiger partial charge on any atom is -0.348 e. The normalized spacial score (nSPS) is 11.1. The van der Waals surface area contributed by atoms with E-state index in [1.54, 1.807) is 43.5 Å². The maximum atomic E-state index is 13.1. The molecule has 2 heterocycles. The minimum absolute atomic E-state index is 0.282. The van der Waals surface area contributed by atoms with Crippen molar-refractivity contribution in [2.45, 2.75) is 13.5 Å². The molecule has 3 rings (SSSR count). The molecule has 0 radical (unpaired) electrons. The summed E-state index contributed by atoms with van der Waals surface area (Å²) in [5.74, 6) is -0.624. The van der Waals surface area contributed by atoms with Crippen LogP contribution in [0, 0.1) is 12.7 Å². The molecule has 1 amide bonds. The third-order valence-electron chi connectivity index (χ3n) is 3.78. The van der Waals surface area contributed by atoms with Crippen molar-refractivity contribution < 1.29 is 9.18 Å². The maximum absolute atomic E-state index is 13.1. The van der Waals surface area contributed by atoms with Gasteiger partial charge in [-0.1, -0.05) is 29.3 Å². The number of nitrogens with zero attached hydrogens (tertiary/aromatic N) is 3. The third-order valence-corrected chi connectivity index (χ3v) is 4.36. The van der Waals surface area contributed by atoms with Crippen LogP contribution in [0.15, 0.2) is 48.7 Å². The Morgan fingerprint density at radius 1 is 1.22 bits per heavy atom. The van der Waals surface area contributed by atoms with Gasteiger partial charge in [0, 0.05) is 24.4 Å². The molecule has 0 aliphatic carbocycles. The minimum atomic E-state index is -0.341. The summed E-state index contributed by atoms with van der Waals surface area (Å²) in [5, 5.41) is 7.83. The number of nitrogens with one attached hydrogen (secondary N) is 1. The van der Waals surface area contributed by atoms with Crippen LogP contribution in [-0.2, 0) is 11.3 Å². The van der Waals surface area contributed by atoms with Crippen LogP contribution >= 0.6 is 23.2 Å². The van der Waals surface area contributed by atoms with Gasteiger partial charge >= 0.3 is 0 Å². The predicted molar refractivity (Wildman–Crippen MR) is 103 cm³/mol. The zero-order valence-corrected chi connectivity index (χ0v) is 15.8.